The highest BCUT2D eigenvalue weighted by Gasteiger charge is 2.27. The van der Waals surface area contributed by atoms with Crippen molar-refractivity contribution in [2.24, 2.45) is 0 Å². The largest absolute Gasteiger partial charge is 0.465 e. The van der Waals surface area contributed by atoms with Crippen molar-refractivity contribution in [1.82, 2.24) is 15.1 Å². The van der Waals surface area contributed by atoms with Gasteiger partial charge in [-0.1, -0.05) is 37.3 Å². The molecule has 0 radical (unpaired) electrons. The van der Waals surface area contributed by atoms with Crippen LogP contribution in [-0.4, -0.2) is 27.5 Å². The highest BCUT2D eigenvalue weighted by atomic mass is 16.3. The van der Waals surface area contributed by atoms with Crippen molar-refractivity contribution >= 4 is 17.6 Å². The lowest BCUT2D eigenvalue weighted by atomic mass is 10.00. The summed E-state index contributed by atoms with van der Waals surface area (Å²) in [6.45, 7) is 3.36. The number of carbonyl (C=O) groups is 1. The van der Waals surface area contributed by atoms with Gasteiger partial charge >= 0.3 is 0 Å². The van der Waals surface area contributed by atoms with Crippen molar-refractivity contribution in [1.29, 1.82) is 0 Å². The number of hydrogen-bond donors (Lipinski definition) is 1. The average molecular weight is 347 g/mol. The summed E-state index contributed by atoms with van der Waals surface area (Å²) in [7, 11) is 0. The van der Waals surface area contributed by atoms with Gasteiger partial charge in [0.25, 0.3) is 5.91 Å². The molecule has 5 nitrogen and oxygen atoms in total. The molecule has 0 saturated heterocycles. The second kappa shape index (κ2) is 7.04. The van der Waals surface area contributed by atoms with Crippen LogP contribution in [0.4, 0.5) is 0 Å². The van der Waals surface area contributed by atoms with Crippen LogP contribution in [0.2, 0.25) is 0 Å². The molecule has 0 atom stereocenters. The minimum absolute atomic E-state index is 0.0153. The summed E-state index contributed by atoms with van der Waals surface area (Å²) < 4.78 is 5.44. The smallest absolute Gasteiger partial charge is 0.254 e. The SMILES string of the molecule is CCc1n[nH]c2c1CN(C(=O)C(=Cc1ccco1)c1ccccc1)CC2. The van der Waals surface area contributed by atoms with Crippen molar-refractivity contribution < 1.29 is 9.21 Å². The Hall–Kier alpha value is -3.08. The van der Waals surface area contributed by atoms with E-state index < -0.39 is 0 Å². The number of amides is 1. The zero-order chi connectivity index (χ0) is 17.9. The summed E-state index contributed by atoms with van der Waals surface area (Å²) in [4.78, 5) is 15.2. The van der Waals surface area contributed by atoms with Crippen LogP contribution in [0.25, 0.3) is 11.6 Å². The third kappa shape index (κ3) is 3.08. The summed E-state index contributed by atoms with van der Waals surface area (Å²) in [6, 6.07) is 13.4. The van der Waals surface area contributed by atoms with Gasteiger partial charge in [0.15, 0.2) is 0 Å². The Morgan fingerprint density at radius 1 is 1.27 bits per heavy atom. The monoisotopic (exact) mass is 347 g/mol. The lowest BCUT2D eigenvalue weighted by Crippen LogP contribution is -2.36. The molecule has 132 valence electrons. The second-order valence-electron chi connectivity index (χ2n) is 6.40. The van der Waals surface area contributed by atoms with E-state index in [0.29, 0.717) is 24.4 Å². The number of nitrogens with one attached hydrogen (secondary N) is 1. The van der Waals surface area contributed by atoms with Crippen molar-refractivity contribution in [3.63, 3.8) is 0 Å². The number of H-pyrrole nitrogens is 1. The molecule has 3 heterocycles. The standard InChI is InChI=1S/C21H21N3O2/c1-2-19-18-14-24(11-10-20(18)23-22-19)21(25)17(13-16-9-6-12-26-16)15-7-4-3-5-8-15/h3-9,12-13H,2,10-11,14H2,1H3,(H,22,23). The Labute approximate surface area is 152 Å². The molecule has 2 aromatic heterocycles. The summed E-state index contributed by atoms with van der Waals surface area (Å²) in [5.74, 6) is 0.689. The third-order valence-electron chi connectivity index (χ3n) is 4.79. The van der Waals surface area contributed by atoms with E-state index in [0.717, 1.165) is 35.4 Å². The predicted molar refractivity (Wildman–Crippen MR) is 100 cm³/mol. The summed E-state index contributed by atoms with van der Waals surface area (Å²) >= 11 is 0. The number of furan rings is 1. The first-order valence-corrected chi connectivity index (χ1v) is 8.91. The number of aryl methyl sites for hydroxylation is 1. The second-order valence-corrected chi connectivity index (χ2v) is 6.40. The quantitative estimate of drug-likeness (QED) is 0.732. The molecule has 1 aromatic carbocycles. The summed E-state index contributed by atoms with van der Waals surface area (Å²) in [6.07, 6.45) is 5.10. The van der Waals surface area contributed by atoms with Gasteiger partial charge in [-0.3, -0.25) is 9.89 Å². The van der Waals surface area contributed by atoms with Gasteiger partial charge in [-0.05, 0) is 30.2 Å². The van der Waals surface area contributed by atoms with Crippen LogP contribution in [0.1, 0.15) is 35.2 Å². The van der Waals surface area contributed by atoms with Crippen LogP contribution < -0.4 is 0 Å². The molecular formula is C21H21N3O2. The molecule has 1 aliphatic heterocycles. The normalized spacial score (nSPS) is 14.3. The minimum Gasteiger partial charge on any atom is -0.465 e. The Morgan fingerprint density at radius 3 is 2.85 bits per heavy atom. The molecule has 1 amide bonds. The molecule has 1 N–H and O–H groups in total. The van der Waals surface area contributed by atoms with E-state index in [1.807, 2.05) is 53.4 Å². The highest BCUT2D eigenvalue weighted by Crippen LogP contribution is 2.26. The topological polar surface area (TPSA) is 62.1 Å². The van der Waals surface area contributed by atoms with Crippen molar-refractivity contribution in [3.05, 3.63) is 77.0 Å². The van der Waals surface area contributed by atoms with Gasteiger partial charge in [0.1, 0.15) is 5.76 Å². The van der Waals surface area contributed by atoms with E-state index in [-0.39, 0.29) is 5.91 Å². The fourth-order valence-corrected chi connectivity index (χ4v) is 3.39. The number of hydrogen-bond acceptors (Lipinski definition) is 3. The number of aromatic amines is 1. The fraction of sp³-hybridized carbons (Fsp3) is 0.238. The number of benzene rings is 1. The summed E-state index contributed by atoms with van der Waals surface area (Å²) in [5.41, 5.74) is 4.90. The Kier molecular flexibility index (Phi) is 4.44. The average Bonchev–Trinajstić information content (AvgIpc) is 3.35. The molecule has 0 bridgehead atoms. The van der Waals surface area contributed by atoms with E-state index in [1.54, 1.807) is 6.26 Å². The van der Waals surface area contributed by atoms with Gasteiger partial charge < -0.3 is 9.32 Å². The molecule has 0 aliphatic carbocycles. The molecule has 26 heavy (non-hydrogen) atoms. The first kappa shape index (κ1) is 16.4. The number of rotatable bonds is 4. The summed E-state index contributed by atoms with van der Waals surface area (Å²) in [5, 5.41) is 7.50. The molecule has 3 aromatic rings. The number of fused-ring (bicyclic) bond motifs is 1. The first-order chi connectivity index (χ1) is 12.8. The molecular weight excluding hydrogens is 326 g/mol. The van der Waals surface area contributed by atoms with Crippen LogP contribution in [0.5, 0.6) is 0 Å². The maximum Gasteiger partial charge on any atom is 0.254 e. The predicted octanol–water partition coefficient (Wildman–Crippen LogP) is 3.69. The van der Waals surface area contributed by atoms with E-state index in [1.165, 1.54) is 0 Å². The molecule has 0 spiro atoms. The van der Waals surface area contributed by atoms with E-state index in [2.05, 4.69) is 17.1 Å². The zero-order valence-corrected chi connectivity index (χ0v) is 14.7. The lowest BCUT2D eigenvalue weighted by Gasteiger charge is -2.28. The van der Waals surface area contributed by atoms with Crippen molar-refractivity contribution in [2.45, 2.75) is 26.3 Å². The van der Waals surface area contributed by atoms with Gasteiger partial charge in [0.2, 0.25) is 0 Å². The third-order valence-corrected chi connectivity index (χ3v) is 4.79. The Morgan fingerprint density at radius 2 is 2.12 bits per heavy atom. The maximum absolute atomic E-state index is 13.3. The van der Waals surface area contributed by atoms with Crippen LogP contribution >= 0.6 is 0 Å². The number of carbonyl (C=O) groups excluding carboxylic acids is 1. The van der Waals surface area contributed by atoms with E-state index in [9.17, 15) is 4.79 Å². The Balaban J connectivity index is 1.67. The number of nitrogens with zero attached hydrogens (tertiary/aromatic N) is 2. The van der Waals surface area contributed by atoms with Crippen molar-refractivity contribution in [3.8, 4) is 0 Å². The molecule has 4 rings (SSSR count). The van der Waals surface area contributed by atoms with Crippen LogP contribution in [0, 0.1) is 0 Å². The Bertz CT molecular complexity index is 910. The van der Waals surface area contributed by atoms with Gasteiger partial charge in [0.05, 0.1) is 17.5 Å². The van der Waals surface area contributed by atoms with Gasteiger partial charge in [-0.2, -0.15) is 5.10 Å². The van der Waals surface area contributed by atoms with E-state index in [4.69, 9.17) is 4.42 Å². The first-order valence-electron chi connectivity index (χ1n) is 8.91. The lowest BCUT2D eigenvalue weighted by molar-refractivity contribution is -0.125. The van der Waals surface area contributed by atoms with Gasteiger partial charge in [0, 0.05) is 30.8 Å². The minimum atomic E-state index is 0.0153. The van der Waals surface area contributed by atoms with Crippen LogP contribution in [-0.2, 0) is 24.2 Å². The molecule has 5 heteroatoms. The van der Waals surface area contributed by atoms with Gasteiger partial charge in [-0.15, -0.1) is 0 Å². The zero-order valence-electron chi connectivity index (χ0n) is 14.7. The van der Waals surface area contributed by atoms with Crippen molar-refractivity contribution in [2.75, 3.05) is 6.54 Å². The molecule has 0 saturated carbocycles. The molecule has 0 unspecified atom stereocenters. The molecule has 1 aliphatic rings. The number of aromatic nitrogens is 2. The maximum atomic E-state index is 13.3. The highest BCUT2D eigenvalue weighted by molar-refractivity contribution is 6.24. The molecule has 0 fully saturated rings. The van der Waals surface area contributed by atoms with Crippen LogP contribution in [0.15, 0.2) is 53.1 Å². The fourth-order valence-electron chi connectivity index (χ4n) is 3.39. The van der Waals surface area contributed by atoms with Gasteiger partial charge in [-0.25, -0.2) is 0 Å². The van der Waals surface area contributed by atoms with E-state index >= 15 is 0 Å². The van der Waals surface area contributed by atoms with Crippen LogP contribution in [0.3, 0.4) is 0 Å².